The zero-order valence-electron chi connectivity index (χ0n) is 15.0. The van der Waals surface area contributed by atoms with Crippen molar-refractivity contribution in [2.45, 2.75) is 0 Å². The number of carbonyl (C=O) groups excluding carboxylic acids is 2. The maximum absolute atomic E-state index is 12.4. The smallest absolute Gasteiger partial charge is 0.268 e. The van der Waals surface area contributed by atoms with Crippen LogP contribution in [0.25, 0.3) is 11.1 Å². The van der Waals surface area contributed by atoms with Crippen LogP contribution in [0, 0.1) is 0 Å². The van der Waals surface area contributed by atoms with Crippen LogP contribution in [0.4, 0.5) is 5.95 Å². The Kier molecular flexibility index (Phi) is 4.49. The van der Waals surface area contributed by atoms with Crippen LogP contribution in [-0.2, 0) is 11.8 Å². The Morgan fingerprint density at radius 2 is 1.93 bits per heavy atom. The van der Waals surface area contributed by atoms with Gasteiger partial charge in [-0.25, -0.2) is 9.97 Å². The van der Waals surface area contributed by atoms with Crippen LogP contribution in [0.1, 0.15) is 10.5 Å². The number of fused-ring (bicyclic) bond motifs is 1. The largest absolute Gasteiger partial charge is 0.463 e. The molecule has 0 radical (unpaired) electrons. The lowest BCUT2D eigenvalue weighted by atomic mass is 10.3. The van der Waals surface area contributed by atoms with E-state index < -0.39 is 0 Å². The van der Waals surface area contributed by atoms with Crippen molar-refractivity contribution in [3.63, 3.8) is 0 Å². The highest BCUT2D eigenvalue weighted by Crippen LogP contribution is 2.19. The average molecular weight is 368 g/mol. The number of hydrogen-bond donors (Lipinski definition) is 1. The van der Waals surface area contributed by atoms with Crippen LogP contribution in [-0.4, -0.2) is 64.0 Å². The Bertz CT molecular complexity index is 956. The van der Waals surface area contributed by atoms with Gasteiger partial charge in [-0.15, -0.1) is 0 Å². The summed E-state index contributed by atoms with van der Waals surface area (Å²) in [7, 11) is 1.79. The van der Waals surface area contributed by atoms with E-state index in [1.54, 1.807) is 53.4 Å². The maximum Gasteiger partial charge on any atom is 0.268 e. The van der Waals surface area contributed by atoms with Crippen molar-refractivity contribution in [2.75, 3.05) is 37.6 Å². The highest BCUT2D eigenvalue weighted by atomic mass is 16.3. The standard InChI is InChI=1S/C18H20N6O3/c1-22-13-3-10-27-15(13)11-14(22)17(26)21-12-16(25)23-6-8-24(9-7-23)18-19-4-2-5-20-18/h2-5,10-11H,6-9,12H2,1H3,(H,21,26). The summed E-state index contributed by atoms with van der Waals surface area (Å²) in [6.45, 7) is 2.44. The molecule has 0 aromatic carbocycles. The summed E-state index contributed by atoms with van der Waals surface area (Å²) in [5.74, 6) is 0.273. The Morgan fingerprint density at radius 3 is 2.63 bits per heavy atom. The lowest BCUT2D eigenvalue weighted by molar-refractivity contribution is -0.130. The molecule has 3 aromatic rings. The second-order valence-electron chi connectivity index (χ2n) is 6.36. The summed E-state index contributed by atoms with van der Waals surface area (Å²) in [5.41, 5.74) is 1.95. The van der Waals surface area contributed by atoms with E-state index in [2.05, 4.69) is 15.3 Å². The van der Waals surface area contributed by atoms with Gasteiger partial charge in [0.15, 0.2) is 5.58 Å². The number of hydrogen-bond acceptors (Lipinski definition) is 6. The van der Waals surface area contributed by atoms with Crippen molar-refractivity contribution in [1.82, 2.24) is 24.8 Å². The minimum Gasteiger partial charge on any atom is -0.463 e. The molecule has 0 bridgehead atoms. The predicted octanol–water partition coefficient (Wildman–Crippen LogP) is 0.640. The van der Waals surface area contributed by atoms with E-state index in [9.17, 15) is 9.59 Å². The normalized spacial score (nSPS) is 14.6. The minimum absolute atomic E-state index is 0.0345. The third-order valence-electron chi connectivity index (χ3n) is 4.76. The predicted molar refractivity (Wildman–Crippen MR) is 98.3 cm³/mol. The van der Waals surface area contributed by atoms with Gasteiger partial charge in [-0.05, 0) is 6.07 Å². The molecule has 3 aromatic heterocycles. The number of rotatable bonds is 4. The van der Waals surface area contributed by atoms with E-state index in [1.807, 2.05) is 4.90 Å². The van der Waals surface area contributed by atoms with Crippen LogP contribution in [0.5, 0.6) is 0 Å². The van der Waals surface area contributed by atoms with E-state index in [0.717, 1.165) is 5.52 Å². The summed E-state index contributed by atoms with van der Waals surface area (Å²) in [6, 6.07) is 5.25. The molecule has 0 unspecified atom stereocenters. The zero-order valence-corrected chi connectivity index (χ0v) is 15.0. The number of carbonyl (C=O) groups is 2. The fraction of sp³-hybridized carbons (Fsp3) is 0.333. The summed E-state index contributed by atoms with van der Waals surface area (Å²) in [5, 5.41) is 2.70. The van der Waals surface area contributed by atoms with Gasteiger partial charge >= 0.3 is 0 Å². The quantitative estimate of drug-likeness (QED) is 0.726. The molecule has 1 saturated heterocycles. The summed E-state index contributed by atoms with van der Waals surface area (Å²) >= 11 is 0. The summed E-state index contributed by atoms with van der Waals surface area (Å²) < 4.78 is 7.05. The van der Waals surface area contributed by atoms with Gasteiger partial charge in [0.1, 0.15) is 5.69 Å². The molecular formula is C18H20N6O3. The highest BCUT2D eigenvalue weighted by Gasteiger charge is 2.23. The first-order chi connectivity index (χ1) is 13.1. The molecule has 4 heterocycles. The van der Waals surface area contributed by atoms with Gasteiger partial charge in [0.2, 0.25) is 11.9 Å². The van der Waals surface area contributed by atoms with Gasteiger partial charge in [0.25, 0.3) is 5.91 Å². The Balaban J connectivity index is 1.30. The third kappa shape index (κ3) is 3.35. The highest BCUT2D eigenvalue weighted by molar-refractivity contribution is 5.99. The second-order valence-corrected chi connectivity index (χ2v) is 6.36. The molecule has 4 rings (SSSR count). The van der Waals surface area contributed by atoms with Crippen LogP contribution >= 0.6 is 0 Å². The first-order valence-corrected chi connectivity index (χ1v) is 8.74. The lowest BCUT2D eigenvalue weighted by Gasteiger charge is -2.34. The molecule has 2 amide bonds. The fourth-order valence-electron chi connectivity index (χ4n) is 3.24. The van der Waals surface area contributed by atoms with Crippen LogP contribution in [0.2, 0.25) is 0 Å². The molecule has 9 nitrogen and oxygen atoms in total. The molecular weight excluding hydrogens is 348 g/mol. The number of amides is 2. The Labute approximate surface area is 155 Å². The molecule has 0 atom stereocenters. The Hall–Kier alpha value is -3.36. The second kappa shape index (κ2) is 7.10. The molecule has 1 aliphatic rings. The van der Waals surface area contributed by atoms with Gasteiger partial charge in [0, 0.05) is 57.8 Å². The number of nitrogens with one attached hydrogen (secondary N) is 1. The van der Waals surface area contributed by atoms with Gasteiger partial charge in [-0.2, -0.15) is 0 Å². The van der Waals surface area contributed by atoms with Crippen molar-refractivity contribution in [2.24, 2.45) is 7.05 Å². The van der Waals surface area contributed by atoms with Crippen molar-refractivity contribution < 1.29 is 14.0 Å². The van der Waals surface area contributed by atoms with Crippen molar-refractivity contribution in [3.05, 3.63) is 42.5 Å². The van der Waals surface area contributed by atoms with Gasteiger partial charge in [-0.1, -0.05) is 0 Å². The number of aryl methyl sites for hydroxylation is 1. The monoisotopic (exact) mass is 368 g/mol. The third-order valence-corrected chi connectivity index (χ3v) is 4.76. The number of furan rings is 1. The number of nitrogens with zero attached hydrogens (tertiary/aromatic N) is 5. The zero-order chi connectivity index (χ0) is 18.8. The van der Waals surface area contributed by atoms with Crippen molar-refractivity contribution in [1.29, 1.82) is 0 Å². The van der Waals surface area contributed by atoms with Crippen LogP contribution in [0.15, 0.2) is 41.3 Å². The van der Waals surface area contributed by atoms with E-state index in [-0.39, 0.29) is 18.4 Å². The maximum atomic E-state index is 12.4. The minimum atomic E-state index is -0.298. The fourth-order valence-corrected chi connectivity index (χ4v) is 3.24. The number of piperazine rings is 1. The first-order valence-electron chi connectivity index (χ1n) is 8.74. The number of anilines is 1. The summed E-state index contributed by atoms with van der Waals surface area (Å²) in [4.78, 5) is 37.1. The van der Waals surface area contributed by atoms with Gasteiger partial charge < -0.3 is 24.1 Å². The van der Waals surface area contributed by atoms with Gasteiger partial charge in [0.05, 0.1) is 18.3 Å². The van der Waals surface area contributed by atoms with Crippen LogP contribution < -0.4 is 10.2 Å². The molecule has 0 saturated carbocycles. The Morgan fingerprint density at radius 1 is 1.19 bits per heavy atom. The topological polar surface area (TPSA) is 96.5 Å². The molecule has 1 N–H and O–H groups in total. The molecule has 9 heteroatoms. The molecule has 140 valence electrons. The average Bonchev–Trinajstić information content (AvgIpc) is 3.30. The molecule has 0 aliphatic carbocycles. The first kappa shape index (κ1) is 17.1. The lowest BCUT2D eigenvalue weighted by Crippen LogP contribution is -2.51. The number of aromatic nitrogens is 3. The molecule has 1 aliphatic heterocycles. The van der Waals surface area contributed by atoms with Gasteiger partial charge in [-0.3, -0.25) is 9.59 Å². The van der Waals surface area contributed by atoms with E-state index in [1.165, 1.54) is 0 Å². The van der Waals surface area contributed by atoms with Crippen molar-refractivity contribution in [3.8, 4) is 0 Å². The molecule has 27 heavy (non-hydrogen) atoms. The summed E-state index contributed by atoms with van der Waals surface area (Å²) in [6.07, 6.45) is 4.99. The van der Waals surface area contributed by atoms with E-state index in [4.69, 9.17) is 4.42 Å². The molecule has 1 fully saturated rings. The van der Waals surface area contributed by atoms with Crippen molar-refractivity contribution >= 4 is 28.9 Å². The SMILES string of the molecule is Cn1c(C(=O)NCC(=O)N2CCN(c3ncccn3)CC2)cc2occc21. The van der Waals surface area contributed by atoms with E-state index in [0.29, 0.717) is 43.4 Å². The van der Waals surface area contributed by atoms with Crippen LogP contribution in [0.3, 0.4) is 0 Å². The van der Waals surface area contributed by atoms with E-state index >= 15 is 0 Å². The molecule has 0 spiro atoms.